The van der Waals surface area contributed by atoms with E-state index >= 15 is 0 Å². The first-order valence-electron chi connectivity index (χ1n) is 6.91. The fraction of sp³-hybridized carbons (Fsp3) is 1.00. The number of hydrogen-bond acceptors (Lipinski definition) is 3. The van der Waals surface area contributed by atoms with Gasteiger partial charge in [0.1, 0.15) is 0 Å². The van der Waals surface area contributed by atoms with Gasteiger partial charge in [0.15, 0.2) is 0 Å². The number of hydrogen-bond donors (Lipinski definition) is 0. The highest BCUT2D eigenvalue weighted by Gasteiger charge is 2.33. The standard InChI is InChI=1S/C14H28O3/c1-14(12-17-13-14)11-16-10-8-6-4-3-5-7-9-15-2/h3-13H2,1-2H3. The normalized spacial score (nSPS) is 18.0. The average molecular weight is 244 g/mol. The van der Waals surface area contributed by atoms with E-state index in [1.165, 1.54) is 38.5 Å². The quantitative estimate of drug-likeness (QED) is 0.523. The van der Waals surface area contributed by atoms with Crippen molar-refractivity contribution in [1.82, 2.24) is 0 Å². The van der Waals surface area contributed by atoms with Gasteiger partial charge in [-0.2, -0.15) is 0 Å². The fourth-order valence-electron chi connectivity index (χ4n) is 2.01. The van der Waals surface area contributed by atoms with Crippen molar-refractivity contribution in [3.63, 3.8) is 0 Å². The molecular formula is C14H28O3. The van der Waals surface area contributed by atoms with Crippen molar-refractivity contribution in [1.29, 1.82) is 0 Å². The van der Waals surface area contributed by atoms with E-state index in [4.69, 9.17) is 14.2 Å². The topological polar surface area (TPSA) is 27.7 Å². The molecule has 17 heavy (non-hydrogen) atoms. The Kier molecular flexibility index (Phi) is 7.82. The lowest BCUT2D eigenvalue weighted by atomic mass is 9.90. The van der Waals surface area contributed by atoms with Gasteiger partial charge in [0.25, 0.3) is 0 Å². The fourth-order valence-corrected chi connectivity index (χ4v) is 2.01. The lowest BCUT2D eigenvalue weighted by Gasteiger charge is -2.37. The summed E-state index contributed by atoms with van der Waals surface area (Å²) < 4.78 is 15.9. The van der Waals surface area contributed by atoms with Gasteiger partial charge in [-0.15, -0.1) is 0 Å². The molecule has 1 rings (SSSR count). The highest BCUT2D eigenvalue weighted by Crippen LogP contribution is 2.26. The van der Waals surface area contributed by atoms with Crippen molar-refractivity contribution in [3.05, 3.63) is 0 Å². The second kappa shape index (κ2) is 8.90. The van der Waals surface area contributed by atoms with Crippen molar-refractivity contribution in [2.75, 3.05) is 40.1 Å². The molecule has 0 bridgehead atoms. The van der Waals surface area contributed by atoms with Crippen molar-refractivity contribution in [2.45, 2.75) is 45.4 Å². The van der Waals surface area contributed by atoms with Crippen molar-refractivity contribution >= 4 is 0 Å². The summed E-state index contributed by atoms with van der Waals surface area (Å²) in [6.07, 6.45) is 7.64. The Morgan fingerprint density at radius 1 is 0.941 bits per heavy atom. The van der Waals surface area contributed by atoms with E-state index < -0.39 is 0 Å². The van der Waals surface area contributed by atoms with Gasteiger partial charge in [-0.05, 0) is 12.8 Å². The highest BCUT2D eigenvalue weighted by atomic mass is 16.5. The molecule has 0 aromatic rings. The molecule has 1 aliphatic rings. The summed E-state index contributed by atoms with van der Waals surface area (Å²) in [5.41, 5.74) is 0.306. The van der Waals surface area contributed by atoms with E-state index in [0.717, 1.165) is 33.0 Å². The minimum absolute atomic E-state index is 0.306. The van der Waals surface area contributed by atoms with E-state index in [1.54, 1.807) is 7.11 Å². The zero-order valence-electron chi connectivity index (χ0n) is 11.5. The summed E-state index contributed by atoms with van der Waals surface area (Å²) in [7, 11) is 1.77. The van der Waals surface area contributed by atoms with E-state index in [1.807, 2.05) is 0 Å². The van der Waals surface area contributed by atoms with Crippen molar-refractivity contribution < 1.29 is 14.2 Å². The first kappa shape index (κ1) is 14.9. The van der Waals surface area contributed by atoms with Gasteiger partial charge in [-0.1, -0.05) is 32.6 Å². The van der Waals surface area contributed by atoms with Crippen LogP contribution in [-0.2, 0) is 14.2 Å². The Morgan fingerprint density at radius 2 is 1.53 bits per heavy atom. The molecule has 3 heteroatoms. The number of ether oxygens (including phenoxy) is 3. The van der Waals surface area contributed by atoms with Gasteiger partial charge in [0.05, 0.1) is 19.8 Å². The second-order valence-corrected chi connectivity index (χ2v) is 5.47. The van der Waals surface area contributed by atoms with Gasteiger partial charge in [-0.25, -0.2) is 0 Å². The Bertz CT molecular complexity index is 178. The molecule has 0 aromatic carbocycles. The Hall–Kier alpha value is -0.120. The van der Waals surface area contributed by atoms with E-state index in [-0.39, 0.29) is 0 Å². The number of unbranched alkanes of at least 4 members (excludes halogenated alkanes) is 5. The number of methoxy groups -OCH3 is 1. The third-order valence-electron chi connectivity index (χ3n) is 3.24. The van der Waals surface area contributed by atoms with Crippen LogP contribution in [-0.4, -0.2) is 40.1 Å². The van der Waals surface area contributed by atoms with Crippen LogP contribution in [0.15, 0.2) is 0 Å². The maximum atomic E-state index is 5.69. The van der Waals surface area contributed by atoms with E-state index in [9.17, 15) is 0 Å². The Morgan fingerprint density at radius 3 is 2.06 bits per heavy atom. The van der Waals surface area contributed by atoms with Gasteiger partial charge in [0.2, 0.25) is 0 Å². The van der Waals surface area contributed by atoms with Gasteiger partial charge in [-0.3, -0.25) is 0 Å². The highest BCUT2D eigenvalue weighted by molar-refractivity contribution is 4.79. The summed E-state index contributed by atoms with van der Waals surface area (Å²) in [5.74, 6) is 0. The molecule has 0 spiro atoms. The van der Waals surface area contributed by atoms with Gasteiger partial charge in [0, 0.05) is 25.7 Å². The molecule has 0 aliphatic carbocycles. The molecule has 1 aliphatic heterocycles. The largest absolute Gasteiger partial charge is 0.385 e. The van der Waals surface area contributed by atoms with Crippen molar-refractivity contribution in [2.24, 2.45) is 5.41 Å². The molecule has 0 unspecified atom stereocenters. The van der Waals surface area contributed by atoms with Gasteiger partial charge >= 0.3 is 0 Å². The van der Waals surface area contributed by atoms with Crippen LogP contribution < -0.4 is 0 Å². The summed E-state index contributed by atoms with van der Waals surface area (Å²) in [6.45, 7) is 6.64. The first-order chi connectivity index (χ1) is 8.27. The molecule has 0 atom stereocenters. The SMILES string of the molecule is COCCCCCCCCOCC1(C)COC1. The molecule has 1 fully saturated rings. The van der Waals surface area contributed by atoms with E-state index in [2.05, 4.69) is 6.92 Å². The smallest absolute Gasteiger partial charge is 0.0564 e. The van der Waals surface area contributed by atoms with Crippen LogP contribution in [0.1, 0.15) is 45.4 Å². The Labute approximate surface area is 106 Å². The van der Waals surface area contributed by atoms with Crippen LogP contribution in [0.3, 0.4) is 0 Å². The summed E-state index contributed by atoms with van der Waals surface area (Å²) >= 11 is 0. The summed E-state index contributed by atoms with van der Waals surface area (Å²) in [5, 5.41) is 0. The predicted octanol–water partition coefficient (Wildman–Crippen LogP) is 3.03. The first-order valence-corrected chi connectivity index (χ1v) is 6.91. The summed E-state index contributed by atoms with van der Waals surface area (Å²) in [4.78, 5) is 0. The molecule has 3 nitrogen and oxygen atoms in total. The maximum Gasteiger partial charge on any atom is 0.0564 e. The molecule has 1 heterocycles. The van der Waals surface area contributed by atoms with Crippen LogP contribution in [0.5, 0.6) is 0 Å². The van der Waals surface area contributed by atoms with Crippen LogP contribution in [0.4, 0.5) is 0 Å². The summed E-state index contributed by atoms with van der Waals surface area (Å²) in [6, 6.07) is 0. The van der Waals surface area contributed by atoms with Crippen LogP contribution >= 0.6 is 0 Å². The minimum atomic E-state index is 0.306. The van der Waals surface area contributed by atoms with Crippen LogP contribution in [0.2, 0.25) is 0 Å². The molecule has 0 saturated carbocycles. The molecule has 0 radical (unpaired) electrons. The molecule has 0 amide bonds. The third kappa shape index (κ3) is 7.02. The number of rotatable bonds is 11. The second-order valence-electron chi connectivity index (χ2n) is 5.47. The Balaban J connectivity index is 1.72. The molecular weight excluding hydrogens is 216 g/mol. The minimum Gasteiger partial charge on any atom is -0.385 e. The zero-order valence-corrected chi connectivity index (χ0v) is 11.5. The molecule has 0 aromatic heterocycles. The predicted molar refractivity (Wildman–Crippen MR) is 69.3 cm³/mol. The van der Waals surface area contributed by atoms with Gasteiger partial charge < -0.3 is 14.2 Å². The van der Waals surface area contributed by atoms with Crippen LogP contribution in [0, 0.1) is 5.41 Å². The zero-order chi connectivity index (χ0) is 12.4. The average Bonchev–Trinajstić information content (AvgIpc) is 2.29. The van der Waals surface area contributed by atoms with Crippen LogP contribution in [0.25, 0.3) is 0 Å². The lowest BCUT2D eigenvalue weighted by molar-refractivity contribution is -0.137. The van der Waals surface area contributed by atoms with Crippen molar-refractivity contribution in [3.8, 4) is 0 Å². The third-order valence-corrected chi connectivity index (χ3v) is 3.24. The molecule has 1 saturated heterocycles. The molecule has 102 valence electrons. The monoisotopic (exact) mass is 244 g/mol. The van der Waals surface area contributed by atoms with E-state index in [0.29, 0.717) is 5.41 Å². The molecule has 0 N–H and O–H groups in total. The maximum absolute atomic E-state index is 5.69. The lowest BCUT2D eigenvalue weighted by Crippen LogP contribution is -2.43.